The molecule has 2 aromatic rings. The lowest BCUT2D eigenvalue weighted by Crippen LogP contribution is -2.31. The molecular weight excluding hydrogens is 311 g/mol. The van der Waals surface area contributed by atoms with E-state index < -0.39 is 0 Å². The number of halogens is 2. The van der Waals surface area contributed by atoms with Gasteiger partial charge in [0.1, 0.15) is 11.0 Å². The minimum atomic E-state index is -0.361. The van der Waals surface area contributed by atoms with Crippen molar-refractivity contribution in [3.05, 3.63) is 46.3 Å². The Hall–Kier alpha value is -1.24. The molecule has 0 fully saturated rings. The van der Waals surface area contributed by atoms with E-state index in [0.29, 0.717) is 17.3 Å². The van der Waals surface area contributed by atoms with Gasteiger partial charge in [0.25, 0.3) is 0 Å². The molecule has 7 heteroatoms. The summed E-state index contributed by atoms with van der Waals surface area (Å²) in [4.78, 5) is 14.9. The predicted molar refractivity (Wildman–Crippen MR) is 80.8 cm³/mol. The lowest BCUT2D eigenvalue weighted by atomic mass is 10.1. The third kappa shape index (κ3) is 3.33. The fourth-order valence-corrected chi connectivity index (χ4v) is 2.93. The number of pyridine rings is 1. The van der Waals surface area contributed by atoms with Crippen molar-refractivity contribution in [2.75, 3.05) is 12.8 Å². The van der Waals surface area contributed by atoms with E-state index in [-0.39, 0.29) is 5.82 Å². The van der Waals surface area contributed by atoms with Gasteiger partial charge in [0, 0.05) is 43.4 Å². The largest absolute Gasteiger partial charge is 0.294 e. The van der Waals surface area contributed by atoms with Gasteiger partial charge in [0.2, 0.25) is 0 Å². The Morgan fingerprint density at radius 1 is 1.38 bits per heavy atom. The molecule has 1 aliphatic heterocycles. The van der Waals surface area contributed by atoms with Gasteiger partial charge in [0.15, 0.2) is 5.16 Å². The average Bonchev–Trinajstić information content (AvgIpc) is 2.50. The van der Waals surface area contributed by atoms with Crippen molar-refractivity contribution in [3.8, 4) is 0 Å². The van der Waals surface area contributed by atoms with E-state index in [1.807, 2.05) is 12.5 Å². The first-order valence-corrected chi connectivity index (χ1v) is 8.17. The monoisotopic (exact) mass is 324 g/mol. The Kier molecular flexibility index (Phi) is 4.37. The van der Waals surface area contributed by atoms with E-state index in [9.17, 15) is 4.39 Å². The molecule has 0 spiro atoms. The van der Waals surface area contributed by atoms with Gasteiger partial charge in [-0.05, 0) is 12.3 Å². The van der Waals surface area contributed by atoms with Gasteiger partial charge >= 0.3 is 0 Å². The van der Waals surface area contributed by atoms with E-state index in [1.54, 1.807) is 11.8 Å². The zero-order chi connectivity index (χ0) is 14.8. The Morgan fingerprint density at radius 3 is 3.05 bits per heavy atom. The molecule has 0 atom stereocenters. The highest BCUT2D eigenvalue weighted by Gasteiger charge is 2.19. The maximum Gasteiger partial charge on any atom is 0.187 e. The van der Waals surface area contributed by atoms with Gasteiger partial charge in [-0.1, -0.05) is 23.4 Å². The summed E-state index contributed by atoms with van der Waals surface area (Å²) in [5, 5.41) is 1.16. The lowest BCUT2D eigenvalue weighted by molar-refractivity contribution is 0.241. The van der Waals surface area contributed by atoms with Crippen LogP contribution in [0.25, 0.3) is 0 Å². The molecule has 0 aromatic carbocycles. The van der Waals surface area contributed by atoms with Crippen molar-refractivity contribution in [1.29, 1.82) is 0 Å². The SMILES string of the molecule is CSc1ncc2c(n1)CCN(Cc1cc(F)cnc1Cl)C2. The van der Waals surface area contributed by atoms with Gasteiger partial charge in [-0.2, -0.15) is 0 Å². The van der Waals surface area contributed by atoms with E-state index in [1.165, 1.54) is 6.07 Å². The van der Waals surface area contributed by atoms with Crippen LogP contribution in [0.5, 0.6) is 0 Å². The van der Waals surface area contributed by atoms with Crippen LogP contribution in [-0.2, 0) is 19.5 Å². The molecule has 21 heavy (non-hydrogen) atoms. The second kappa shape index (κ2) is 6.25. The number of rotatable bonds is 3. The van der Waals surface area contributed by atoms with Crippen molar-refractivity contribution in [1.82, 2.24) is 19.9 Å². The fraction of sp³-hybridized carbons (Fsp3) is 0.357. The van der Waals surface area contributed by atoms with Crippen LogP contribution < -0.4 is 0 Å². The molecule has 0 amide bonds. The second-order valence-corrected chi connectivity index (χ2v) is 6.02. The van der Waals surface area contributed by atoms with Crippen molar-refractivity contribution >= 4 is 23.4 Å². The van der Waals surface area contributed by atoms with Gasteiger partial charge in [0.05, 0.1) is 11.9 Å². The Bertz CT molecular complexity index is 667. The molecule has 3 rings (SSSR count). The minimum absolute atomic E-state index is 0.358. The molecule has 0 saturated heterocycles. The van der Waals surface area contributed by atoms with Gasteiger partial charge in [-0.25, -0.2) is 19.3 Å². The summed E-state index contributed by atoms with van der Waals surface area (Å²) in [6.07, 6.45) is 5.85. The van der Waals surface area contributed by atoms with E-state index in [0.717, 1.165) is 42.1 Å². The zero-order valence-corrected chi connectivity index (χ0v) is 13.1. The Morgan fingerprint density at radius 2 is 2.24 bits per heavy atom. The number of fused-ring (bicyclic) bond motifs is 1. The van der Waals surface area contributed by atoms with Crippen LogP contribution in [0.15, 0.2) is 23.6 Å². The number of nitrogens with zero attached hydrogens (tertiary/aromatic N) is 4. The van der Waals surface area contributed by atoms with Crippen LogP contribution in [0.2, 0.25) is 5.15 Å². The minimum Gasteiger partial charge on any atom is -0.294 e. The molecule has 0 radical (unpaired) electrons. The molecule has 3 heterocycles. The molecule has 0 N–H and O–H groups in total. The van der Waals surface area contributed by atoms with Crippen LogP contribution in [0, 0.1) is 5.82 Å². The summed E-state index contributed by atoms with van der Waals surface area (Å²) in [5.74, 6) is -0.361. The number of hydrogen-bond acceptors (Lipinski definition) is 5. The average molecular weight is 325 g/mol. The van der Waals surface area contributed by atoms with Crippen LogP contribution >= 0.6 is 23.4 Å². The summed E-state index contributed by atoms with van der Waals surface area (Å²) < 4.78 is 13.3. The lowest BCUT2D eigenvalue weighted by Gasteiger charge is -2.28. The Labute approximate surface area is 131 Å². The number of aromatic nitrogens is 3. The summed E-state index contributed by atoms with van der Waals surface area (Å²) in [6, 6.07) is 1.44. The summed E-state index contributed by atoms with van der Waals surface area (Å²) in [6.45, 7) is 2.19. The number of hydrogen-bond donors (Lipinski definition) is 0. The van der Waals surface area contributed by atoms with E-state index in [2.05, 4.69) is 19.9 Å². The van der Waals surface area contributed by atoms with Crippen LogP contribution in [0.1, 0.15) is 16.8 Å². The maximum absolute atomic E-state index is 13.3. The summed E-state index contributed by atoms with van der Waals surface area (Å²) >= 11 is 7.57. The standard InChI is InChI=1S/C14H14ClFN4S/c1-21-14-18-5-10-8-20(3-2-12(10)19-14)7-9-4-11(16)6-17-13(9)15/h4-6H,2-3,7-8H2,1H3. The van der Waals surface area contributed by atoms with Crippen molar-refractivity contribution in [3.63, 3.8) is 0 Å². The highest BCUT2D eigenvalue weighted by Crippen LogP contribution is 2.22. The molecule has 4 nitrogen and oxygen atoms in total. The zero-order valence-electron chi connectivity index (χ0n) is 11.5. The quantitative estimate of drug-likeness (QED) is 0.493. The van der Waals surface area contributed by atoms with Gasteiger partial charge < -0.3 is 0 Å². The van der Waals surface area contributed by atoms with E-state index >= 15 is 0 Å². The highest BCUT2D eigenvalue weighted by molar-refractivity contribution is 7.98. The van der Waals surface area contributed by atoms with E-state index in [4.69, 9.17) is 11.6 Å². The van der Waals surface area contributed by atoms with Crippen molar-refractivity contribution < 1.29 is 4.39 Å². The second-order valence-electron chi connectivity index (χ2n) is 4.89. The maximum atomic E-state index is 13.3. The molecule has 0 saturated carbocycles. The first-order valence-electron chi connectivity index (χ1n) is 6.57. The molecule has 0 unspecified atom stereocenters. The topological polar surface area (TPSA) is 41.9 Å². The normalized spacial score (nSPS) is 15.0. The molecule has 1 aliphatic rings. The fourth-order valence-electron chi connectivity index (χ4n) is 2.41. The highest BCUT2D eigenvalue weighted by atomic mass is 35.5. The third-order valence-electron chi connectivity index (χ3n) is 3.45. The molecule has 0 aliphatic carbocycles. The van der Waals surface area contributed by atoms with Crippen LogP contribution in [-0.4, -0.2) is 32.7 Å². The van der Waals surface area contributed by atoms with Gasteiger partial charge in [-0.15, -0.1) is 0 Å². The molecule has 2 aromatic heterocycles. The summed E-state index contributed by atoms with van der Waals surface area (Å²) in [5.41, 5.74) is 2.94. The third-order valence-corrected chi connectivity index (χ3v) is 4.35. The molecule has 110 valence electrons. The number of thioether (sulfide) groups is 1. The Balaban J connectivity index is 1.76. The smallest absolute Gasteiger partial charge is 0.187 e. The predicted octanol–water partition coefficient (Wildman–Crippen LogP) is 2.94. The molecule has 0 bridgehead atoms. The van der Waals surface area contributed by atoms with Gasteiger partial charge in [-0.3, -0.25) is 4.90 Å². The van der Waals surface area contributed by atoms with Crippen LogP contribution in [0.4, 0.5) is 4.39 Å². The summed E-state index contributed by atoms with van der Waals surface area (Å²) in [7, 11) is 0. The molecular formula is C14H14ClFN4S. The first-order chi connectivity index (χ1) is 10.2. The van der Waals surface area contributed by atoms with Crippen LogP contribution in [0.3, 0.4) is 0 Å². The van der Waals surface area contributed by atoms with Crippen molar-refractivity contribution in [2.24, 2.45) is 0 Å². The van der Waals surface area contributed by atoms with Crippen molar-refractivity contribution in [2.45, 2.75) is 24.7 Å². The first kappa shape index (κ1) is 14.7.